The molecule has 0 aromatic carbocycles. The van der Waals surface area contributed by atoms with Crippen molar-refractivity contribution in [3.63, 3.8) is 0 Å². The lowest BCUT2D eigenvalue weighted by Gasteiger charge is -2.09. The minimum atomic E-state index is -1.06. The van der Waals surface area contributed by atoms with Gasteiger partial charge in [-0.2, -0.15) is 0 Å². The molecule has 0 heterocycles. The highest BCUT2D eigenvalue weighted by molar-refractivity contribution is 5.69. The Morgan fingerprint density at radius 3 is 0.662 bits per heavy atom. The van der Waals surface area contributed by atoms with Crippen LogP contribution < -0.4 is 0 Å². The van der Waals surface area contributed by atoms with Crippen LogP contribution in [0.1, 0.15) is 116 Å². The predicted molar refractivity (Wildman–Crippen MR) is 292 cm³/mol. The zero-order valence-corrected chi connectivity index (χ0v) is 48.2. The molecule has 2 N–H and O–H groups in total. The molecule has 0 aliphatic carbocycles. The summed E-state index contributed by atoms with van der Waals surface area (Å²) in [6.07, 6.45) is 21.1. The monoisotopic (exact) mass is 1120 g/mol. The van der Waals surface area contributed by atoms with Gasteiger partial charge in [-0.1, -0.05) is 103 Å². The van der Waals surface area contributed by atoms with Crippen molar-refractivity contribution in [1.82, 2.24) is 0 Å². The summed E-state index contributed by atoms with van der Waals surface area (Å²) in [5.41, 5.74) is 0. The van der Waals surface area contributed by atoms with Gasteiger partial charge in [0.1, 0.15) is 12.7 Å². The van der Waals surface area contributed by atoms with E-state index in [1.54, 1.807) is 0 Å². The van der Waals surface area contributed by atoms with Gasteiger partial charge >= 0.3 is 5.97 Å². The highest BCUT2D eigenvalue weighted by atomic mass is 16.6. The lowest BCUT2D eigenvalue weighted by atomic mass is 10.0. The number of aliphatic hydroxyl groups is 2. The summed E-state index contributed by atoms with van der Waals surface area (Å²) in [5.74, 6) is -0.499. The molecule has 0 amide bonds. The summed E-state index contributed by atoms with van der Waals surface area (Å²) >= 11 is 0. The van der Waals surface area contributed by atoms with E-state index in [9.17, 15) is 4.79 Å². The van der Waals surface area contributed by atoms with E-state index in [0.717, 1.165) is 13.0 Å². The van der Waals surface area contributed by atoms with E-state index in [-0.39, 0.29) is 19.6 Å². The van der Waals surface area contributed by atoms with Crippen LogP contribution in [0.5, 0.6) is 0 Å². The van der Waals surface area contributed by atoms with Crippen LogP contribution in [0.4, 0.5) is 0 Å². The zero-order valence-electron chi connectivity index (χ0n) is 48.2. The number of aliphatic hydroxyl groups excluding tert-OH is 2. The van der Waals surface area contributed by atoms with Gasteiger partial charge in [0, 0.05) is 6.61 Å². The van der Waals surface area contributed by atoms with Crippen molar-refractivity contribution < 1.29 is 100 Å². The van der Waals surface area contributed by atoms with Crippen molar-refractivity contribution in [3.05, 3.63) is 0 Å². The van der Waals surface area contributed by atoms with Gasteiger partial charge < -0.3 is 95.5 Å². The van der Waals surface area contributed by atoms with Gasteiger partial charge in [0.25, 0.3) is 0 Å². The number of esters is 1. The molecule has 21 nitrogen and oxygen atoms in total. The van der Waals surface area contributed by atoms with Crippen molar-refractivity contribution in [3.8, 4) is 0 Å². The van der Waals surface area contributed by atoms with Crippen molar-refractivity contribution >= 4 is 5.97 Å². The summed E-state index contributed by atoms with van der Waals surface area (Å²) in [4.78, 5) is 11.4. The normalized spacial score (nSPS) is 12.1. The standard InChI is InChI=1S/C56H112O21/c1-2-3-4-5-6-7-8-9-10-11-12-13-14-15-16-17-19-60-21-23-62-25-27-64-29-31-66-33-35-68-37-39-70-41-43-72-45-47-74-49-51-76-52-50-75-48-46-73-44-42-71-40-38-69-36-34-67-32-30-65-28-26-63-24-22-61-20-18-56(59)77-54-55(58)53-57/h55,57-58H,2-54H2,1H3. The average Bonchev–Trinajstić information content (AvgIpc) is 3.44. The van der Waals surface area contributed by atoms with E-state index >= 15 is 0 Å². The Balaban J connectivity index is 3.10. The fourth-order valence-corrected chi connectivity index (χ4v) is 6.84. The lowest BCUT2D eigenvalue weighted by molar-refractivity contribution is -0.148. The van der Waals surface area contributed by atoms with Gasteiger partial charge in [-0.25, -0.2) is 0 Å². The lowest BCUT2D eigenvalue weighted by Crippen LogP contribution is -2.22. The molecule has 0 radical (unpaired) electrons. The summed E-state index contributed by atoms with van der Waals surface area (Å²) in [6.45, 7) is 18.2. The first-order valence-corrected chi connectivity index (χ1v) is 29.5. The Kier molecular flexibility index (Phi) is 69.6. The second-order valence-corrected chi connectivity index (χ2v) is 18.0. The predicted octanol–water partition coefficient (Wildman–Crippen LogP) is 5.82. The largest absolute Gasteiger partial charge is 0.463 e. The number of unbranched alkanes of at least 4 members (excludes halogenated alkanes) is 15. The van der Waals surface area contributed by atoms with Crippen LogP contribution in [-0.2, 0) is 90.1 Å². The van der Waals surface area contributed by atoms with Gasteiger partial charge in [-0.15, -0.1) is 0 Å². The minimum Gasteiger partial charge on any atom is -0.463 e. The number of carbonyl (C=O) groups is 1. The fourth-order valence-electron chi connectivity index (χ4n) is 6.84. The Hall–Kier alpha value is -1.29. The Labute approximate surface area is 465 Å². The molecule has 1 unspecified atom stereocenters. The molecule has 21 heteroatoms. The van der Waals surface area contributed by atoms with E-state index in [4.69, 9.17) is 95.5 Å². The van der Waals surface area contributed by atoms with Gasteiger partial charge in [-0.3, -0.25) is 4.79 Å². The molecule has 0 fully saturated rings. The molecule has 0 spiro atoms. The first-order chi connectivity index (χ1) is 38.2. The Morgan fingerprint density at radius 2 is 0.455 bits per heavy atom. The third-order valence-electron chi connectivity index (χ3n) is 11.2. The van der Waals surface area contributed by atoms with Crippen LogP contribution in [0.15, 0.2) is 0 Å². The van der Waals surface area contributed by atoms with Crippen molar-refractivity contribution in [2.24, 2.45) is 0 Å². The first-order valence-electron chi connectivity index (χ1n) is 29.5. The van der Waals surface area contributed by atoms with E-state index in [2.05, 4.69) is 6.92 Å². The van der Waals surface area contributed by atoms with Crippen LogP contribution >= 0.6 is 0 Å². The van der Waals surface area contributed by atoms with E-state index in [0.29, 0.717) is 211 Å². The van der Waals surface area contributed by atoms with Gasteiger partial charge in [0.15, 0.2) is 0 Å². The van der Waals surface area contributed by atoms with E-state index < -0.39 is 18.7 Å². The molecular weight excluding hydrogens is 1010 g/mol. The van der Waals surface area contributed by atoms with Crippen LogP contribution in [0.25, 0.3) is 0 Å². The molecule has 1 atom stereocenters. The molecule has 0 saturated heterocycles. The number of rotatable bonds is 71. The fraction of sp³-hybridized carbons (Fsp3) is 0.982. The maximum absolute atomic E-state index is 11.4. The third kappa shape index (κ3) is 70.8. The number of hydrogen-bond acceptors (Lipinski definition) is 21. The van der Waals surface area contributed by atoms with Crippen LogP contribution in [0, 0.1) is 0 Å². The average molecular weight is 1120 g/mol. The molecular formula is C56H112O21. The quantitative estimate of drug-likeness (QED) is 0.0541. The van der Waals surface area contributed by atoms with Gasteiger partial charge in [0.2, 0.25) is 0 Å². The molecule has 0 aliphatic rings. The highest BCUT2D eigenvalue weighted by Crippen LogP contribution is 2.14. The maximum atomic E-state index is 11.4. The molecule has 77 heavy (non-hydrogen) atoms. The van der Waals surface area contributed by atoms with Crippen molar-refractivity contribution in [1.29, 1.82) is 0 Å². The second-order valence-electron chi connectivity index (χ2n) is 18.0. The molecule has 0 aliphatic heterocycles. The molecule has 0 aromatic heterocycles. The molecule has 0 aromatic rings. The highest BCUT2D eigenvalue weighted by Gasteiger charge is 2.08. The topological polar surface area (TPSA) is 224 Å². The second kappa shape index (κ2) is 70.8. The Bertz CT molecular complexity index is 1070. The summed E-state index contributed by atoms with van der Waals surface area (Å²) in [7, 11) is 0. The van der Waals surface area contributed by atoms with Crippen molar-refractivity contribution in [2.75, 3.05) is 238 Å². The zero-order chi connectivity index (χ0) is 55.4. The molecule has 0 rings (SSSR count). The third-order valence-corrected chi connectivity index (χ3v) is 11.2. The molecule has 462 valence electrons. The van der Waals surface area contributed by atoms with Crippen LogP contribution in [0.3, 0.4) is 0 Å². The smallest absolute Gasteiger partial charge is 0.308 e. The summed E-state index contributed by atoms with van der Waals surface area (Å²) in [5, 5.41) is 17.8. The first kappa shape index (κ1) is 75.7. The van der Waals surface area contributed by atoms with E-state index in [1.165, 1.54) is 96.3 Å². The Morgan fingerprint density at radius 1 is 0.273 bits per heavy atom. The molecule has 0 bridgehead atoms. The van der Waals surface area contributed by atoms with E-state index in [1.807, 2.05) is 0 Å². The van der Waals surface area contributed by atoms with Crippen LogP contribution in [0.2, 0.25) is 0 Å². The number of ether oxygens (including phenoxy) is 18. The molecule has 0 saturated carbocycles. The maximum Gasteiger partial charge on any atom is 0.308 e. The van der Waals surface area contributed by atoms with Gasteiger partial charge in [-0.05, 0) is 6.42 Å². The van der Waals surface area contributed by atoms with Crippen LogP contribution in [-0.4, -0.2) is 260 Å². The number of carbonyl (C=O) groups excluding carboxylic acids is 1. The minimum absolute atomic E-state index is 0.0619. The summed E-state index contributed by atoms with van der Waals surface area (Å²) < 4.78 is 98.5. The summed E-state index contributed by atoms with van der Waals surface area (Å²) in [6, 6.07) is 0. The van der Waals surface area contributed by atoms with Crippen molar-refractivity contribution in [2.45, 2.75) is 122 Å². The number of hydrogen-bond donors (Lipinski definition) is 2. The SMILES string of the molecule is CCCCCCCCCCCCCCCCCCOCCOCCOCCOCCOCCOCCOCCOCCOCCOCCOCCOCCOCCOCCOCCOCCOCCC(=O)OCC(O)CO. The van der Waals surface area contributed by atoms with Gasteiger partial charge in [0.05, 0.1) is 231 Å².